The van der Waals surface area contributed by atoms with E-state index in [1.165, 1.54) is 0 Å². The van der Waals surface area contributed by atoms with Gasteiger partial charge in [0, 0.05) is 17.3 Å². The highest BCUT2D eigenvalue weighted by molar-refractivity contribution is 5.80. The molecule has 86 valence electrons. The Balaban J connectivity index is 4.75. The molecular weight excluding hydrogens is 182 g/mol. The average molecular weight is 207 g/mol. The summed E-state index contributed by atoms with van der Waals surface area (Å²) in [5.74, 6) is 0. The summed E-state index contributed by atoms with van der Waals surface area (Å²) in [6.07, 6.45) is 3.95. The highest BCUT2D eigenvalue weighted by Gasteiger charge is 2.16. The molecule has 0 heterocycles. The molecule has 0 amide bonds. The van der Waals surface area contributed by atoms with Gasteiger partial charge in [0.2, 0.25) is 0 Å². The molecule has 0 radical (unpaired) electrons. The number of rotatable bonds is 2. The van der Waals surface area contributed by atoms with E-state index < -0.39 is 0 Å². The summed E-state index contributed by atoms with van der Waals surface area (Å²) in [6.45, 7) is 19.0. The zero-order valence-corrected chi connectivity index (χ0v) is 11.3. The van der Waals surface area contributed by atoms with Crippen LogP contribution in [0.15, 0.2) is 28.9 Å². The molecule has 0 rings (SSSR count). The van der Waals surface area contributed by atoms with Gasteiger partial charge < -0.3 is 0 Å². The van der Waals surface area contributed by atoms with E-state index in [-0.39, 0.29) is 10.8 Å². The van der Waals surface area contributed by atoms with Crippen LogP contribution in [0.25, 0.3) is 0 Å². The predicted molar refractivity (Wildman–Crippen MR) is 70.3 cm³/mol. The lowest BCUT2D eigenvalue weighted by molar-refractivity contribution is 0.496. The predicted octanol–water partition coefficient (Wildman–Crippen LogP) is 4.61. The maximum Gasteiger partial charge on any atom is 0.0414 e. The molecule has 1 heteroatoms. The molecule has 0 saturated heterocycles. The molecule has 0 bridgehead atoms. The molecule has 0 aliphatic rings. The summed E-state index contributed by atoms with van der Waals surface area (Å²) >= 11 is 0. The summed E-state index contributed by atoms with van der Waals surface area (Å²) in [6, 6.07) is 0. The van der Waals surface area contributed by atoms with E-state index in [0.717, 1.165) is 11.3 Å². The third-order valence-corrected chi connectivity index (χ3v) is 2.36. The van der Waals surface area contributed by atoms with Crippen molar-refractivity contribution in [3.63, 3.8) is 0 Å². The first-order valence-corrected chi connectivity index (χ1v) is 5.49. The van der Waals surface area contributed by atoms with Gasteiger partial charge in [-0.05, 0) is 17.9 Å². The van der Waals surface area contributed by atoms with E-state index >= 15 is 0 Å². The van der Waals surface area contributed by atoms with Crippen molar-refractivity contribution in [2.75, 3.05) is 0 Å². The second-order valence-electron chi connectivity index (χ2n) is 5.96. The van der Waals surface area contributed by atoms with E-state index in [9.17, 15) is 0 Å². The first-order valence-electron chi connectivity index (χ1n) is 5.49. The lowest BCUT2D eigenvalue weighted by atomic mass is 9.88. The van der Waals surface area contributed by atoms with Crippen LogP contribution in [0, 0.1) is 10.8 Å². The lowest BCUT2D eigenvalue weighted by Crippen LogP contribution is -2.11. The Bertz CT molecular complexity index is 279. The molecule has 0 unspecified atom stereocenters. The molecule has 0 aliphatic carbocycles. The molecule has 0 aromatic heterocycles. The van der Waals surface area contributed by atoms with Gasteiger partial charge in [0.05, 0.1) is 0 Å². The van der Waals surface area contributed by atoms with E-state index in [0.29, 0.717) is 0 Å². The van der Waals surface area contributed by atoms with Crippen LogP contribution >= 0.6 is 0 Å². The van der Waals surface area contributed by atoms with Gasteiger partial charge in [0.25, 0.3) is 0 Å². The van der Waals surface area contributed by atoms with E-state index in [4.69, 9.17) is 0 Å². The molecule has 0 atom stereocenters. The Morgan fingerprint density at radius 3 is 1.73 bits per heavy atom. The van der Waals surface area contributed by atoms with Gasteiger partial charge in [-0.2, -0.15) is 0 Å². The number of hydrogen-bond acceptors (Lipinski definition) is 1. The minimum Gasteiger partial charge on any atom is -0.261 e. The number of aliphatic imine (C=N–C) groups is 1. The monoisotopic (exact) mass is 207 g/mol. The van der Waals surface area contributed by atoms with Gasteiger partial charge in [-0.25, -0.2) is 0 Å². The van der Waals surface area contributed by atoms with E-state index in [2.05, 4.69) is 59.2 Å². The molecule has 0 aliphatic heterocycles. The molecule has 0 spiro atoms. The van der Waals surface area contributed by atoms with Crippen molar-refractivity contribution in [3.05, 3.63) is 23.9 Å². The fraction of sp³-hybridized carbons (Fsp3) is 0.643. The number of hydrogen-bond donors (Lipinski definition) is 0. The van der Waals surface area contributed by atoms with Crippen LogP contribution in [-0.4, -0.2) is 6.21 Å². The van der Waals surface area contributed by atoms with Gasteiger partial charge >= 0.3 is 0 Å². The molecule has 0 saturated carbocycles. The standard InChI is InChI=1S/C14H25N/c1-9-12(14(6,7)8)15-10-11(2)13(3,4)5/h9-10H,2H2,1,3-8H3/b12-9-,15-10-. The molecule has 0 aromatic rings. The van der Waals surface area contributed by atoms with Gasteiger partial charge in [-0.15, -0.1) is 0 Å². The topological polar surface area (TPSA) is 12.4 Å². The Labute approximate surface area is 95.0 Å². The van der Waals surface area contributed by atoms with Crippen molar-refractivity contribution in [1.29, 1.82) is 0 Å². The van der Waals surface area contributed by atoms with Crippen LogP contribution in [-0.2, 0) is 0 Å². The van der Waals surface area contributed by atoms with E-state index in [1.807, 2.05) is 13.1 Å². The summed E-state index contributed by atoms with van der Waals surface area (Å²) in [5, 5.41) is 0. The summed E-state index contributed by atoms with van der Waals surface area (Å²) < 4.78 is 0. The van der Waals surface area contributed by atoms with Crippen molar-refractivity contribution in [1.82, 2.24) is 0 Å². The zero-order valence-electron chi connectivity index (χ0n) is 11.3. The Morgan fingerprint density at radius 2 is 1.47 bits per heavy atom. The minimum absolute atomic E-state index is 0.0975. The number of allylic oxidation sites excluding steroid dienone is 3. The van der Waals surface area contributed by atoms with Crippen molar-refractivity contribution in [2.24, 2.45) is 15.8 Å². The first kappa shape index (κ1) is 14.2. The third kappa shape index (κ3) is 4.96. The fourth-order valence-corrected chi connectivity index (χ4v) is 1.04. The van der Waals surface area contributed by atoms with Crippen LogP contribution in [0.1, 0.15) is 48.5 Å². The molecule has 1 nitrogen and oxygen atoms in total. The zero-order chi connectivity index (χ0) is 12.3. The van der Waals surface area contributed by atoms with Gasteiger partial charge in [0.15, 0.2) is 0 Å². The third-order valence-electron chi connectivity index (χ3n) is 2.36. The lowest BCUT2D eigenvalue weighted by Gasteiger charge is -2.21. The van der Waals surface area contributed by atoms with Crippen LogP contribution in [0.3, 0.4) is 0 Å². The van der Waals surface area contributed by atoms with E-state index in [1.54, 1.807) is 0 Å². The maximum atomic E-state index is 4.52. The van der Waals surface area contributed by atoms with Crippen molar-refractivity contribution >= 4 is 6.21 Å². The highest BCUT2D eigenvalue weighted by atomic mass is 14.8. The minimum atomic E-state index is 0.0975. The number of nitrogens with zero attached hydrogens (tertiary/aromatic N) is 1. The summed E-state index contributed by atoms with van der Waals surface area (Å²) in [5.41, 5.74) is 2.36. The van der Waals surface area contributed by atoms with Crippen molar-refractivity contribution in [2.45, 2.75) is 48.5 Å². The normalized spacial score (nSPS) is 14.7. The van der Waals surface area contributed by atoms with Crippen LogP contribution in [0.5, 0.6) is 0 Å². The average Bonchev–Trinajstić information content (AvgIpc) is 2.00. The molecule has 15 heavy (non-hydrogen) atoms. The van der Waals surface area contributed by atoms with Gasteiger partial charge in [-0.1, -0.05) is 54.2 Å². The van der Waals surface area contributed by atoms with Gasteiger partial charge in [0.1, 0.15) is 0 Å². The van der Waals surface area contributed by atoms with Gasteiger partial charge in [-0.3, -0.25) is 4.99 Å². The Morgan fingerprint density at radius 1 is 1.00 bits per heavy atom. The SMILES string of the molecule is C=C(/C=N\C(=C/C)C(C)(C)C)C(C)(C)C. The Kier molecular flexibility index (Phi) is 4.51. The quantitative estimate of drug-likeness (QED) is 0.586. The maximum absolute atomic E-state index is 4.52. The summed E-state index contributed by atoms with van der Waals surface area (Å²) in [4.78, 5) is 4.52. The van der Waals surface area contributed by atoms with Crippen molar-refractivity contribution < 1.29 is 0 Å². The largest absolute Gasteiger partial charge is 0.261 e. The smallest absolute Gasteiger partial charge is 0.0414 e. The summed E-state index contributed by atoms with van der Waals surface area (Å²) in [7, 11) is 0. The molecule has 0 fully saturated rings. The Hall–Kier alpha value is -0.850. The second-order valence-corrected chi connectivity index (χ2v) is 5.96. The van der Waals surface area contributed by atoms with Crippen LogP contribution in [0.4, 0.5) is 0 Å². The second kappa shape index (κ2) is 4.78. The highest BCUT2D eigenvalue weighted by Crippen LogP contribution is 2.27. The molecule has 0 N–H and O–H groups in total. The molecule has 0 aromatic carbocycles. The van der Waals surface area contributed by atoms with Crippen LogP contribution in [0.2, 0.25) is 0 Å². The van der Waals surface area contributed by atoms with Crippen LogP contribution < -0.4 is 0 Å². The fourth-order valence-electron chi connectivity index (χ4n) is 1.04. The van der Waals surface area contributed by atoms with Crippen molar-refractivity contribution in [3.8, 4) is 0 Å². The molecular formula is C14H25N. The first-order chi connectivity index (χ1) is 6.59.